The van der Waals surface area contributed by atoms with Gasteiger partial charge in [-0.2, -0.15) is 0 Å². The van der Waals surface area contributed by atoms with Crippen molar-refractivity contribution in [1.82, 2.24) is 10.2 Å². The van der Waals surface area contributed by atoms with Crippen molar-refractivity contribution in [2.45, 2.75) is 18.9 Å². The van der Waals surface area contributed by atoms with Gasteiger partial charge in [0.2, 0.25) is 0 Å². The van der Waals surface area contributed by atoms with E-state index in [1.807, 2.05) is 7.05 Å². The van der Waals surface area contributed by atoms with Gasteiger partial charge in [0.25, 0.3) is 0 Å². The summed E-state index contributed by atoms with van der Waals surface area (Å²) in [6.07, 6.45) is 2.97. The molecule has 1 atom stereocenters. The molecule has 0 aromatic carbocycles. The number of rotatable bonds is 5. The summed E-state index contributed by atoms with van der Waals surface area (Å²) in [5.41, 5.74) is 0. The van der Waals surface area contributed by atoms with Gasteiger partial charge in [0.05, 0.1) is 6.10 Å². The molecule has 0 radical (unpaired) electrons. The van der Waals surface area contributed by atoms with Crippen molar-refractivity contribution < 1.29 is 4.74 Å². The van der Waals surface area contributed by atoms with Gasteiger partial charge in [-0.3, -0.25) is 0 Å². The van der Waals surface area contributed by atoms with E-state index in [0.717, 1.165) is 26.2 Å². The fourth-order valence-corrected chi connectivity index (χ4v) is 1.53. The molecule has 0 amide bonds. The molecule has 1 rings (SSSR count). The molecule has 0 aliphatic carbocycles. The van der Waals surface area contributed by atoms with Crippen LogP contribution in [0, 0.1) is 0 Å². The third kappa shape index (κ3) is 3.52. The Hall–Kier alpha value is -0.120. The summed E-state index contributed by atoms with van der Waals surface area (Å²) in [6.45, 7) is 4.21. The van der Waals surface area contributed by atoms with Crippen LogP contribution in [0.15, 0.2) is 0 Å². The average molecular weight is 172 g/mol. The lowest BCUT2D eigenvalue weighted by atomic mass is 10.2. The first-order valence-corrected chi connectivity index (χ1v) is 4.77. The van der Waals surface area contributed by atoms with Crippen LogP contribution in [0.1, 0.15) is 12.8 Å². The van der Waals surface area contributed by atoms with E-state index in [-0.39, 0.29) is 0 Å². The Kier molecular flexibility index (Phi) is 4.58. The van der Waals surface area contributed by atoms with Gasteiger partial charge in [-0.25, -0.2) is 0 Å². The largest absolute Gasteiger partial charge is 0.377 e. The van der Waals surface area contributed by atoms with Gasteiger partial charge in [-0.05, 0) is 26.9 Å². The lowest BCUT2D eigenvalue weighted by molar-refractivity contribution is 0.0816. The molecule has 12 heavy (non-hydrogen) atoms. The van der Waals surface area contributed by atoms with Crippen LogP contribution < -0.4 is 5.32 Å². The van der Waals surface area contributed by atoms with Gasteiger partial charge in [-0.15, -0.1) is 0 Å². The predicted molar refractivity (Wildman–Crippen MR) is 50.4 cm³/mol. The monoisotopic (exact) mass is 172 g/mol. The minimum absolute atomic E-state index is 0.492. The molecule has 1 saturated heterocycles. The fourth-order valence-electron chi connectivity index (χ4n) is 1.53. The van der Waals surface area contributed by atoms with Gasteiger partial charge >= 0.3 is 0 Å². The minimum atomic E-state index is 0.492. The lowest BCUT2D eigenvalue weighted by Gasteiger charge is -2.19. The van der Waals surface area contributed by atoms with Crippen LogP contribution >= 0.6 is 0 Å². The van der Waals surface area contributed by atoms with Crippen LogP contribution in [0.4, 0.5) is 0 Å². The molecule has 0 saturated carbocycles. The van der Waals surface area contributed by atoms with Crippen LogP contribution in [0.25, 0.3) is 0 Å². The van der Waals surface area contributed by atoms with E-state index in [1.54, 1.807) is 0 Å². The summed E-state index contributed by atoms with van der Waals surface area (Å²) in [7, 11) is 4.14. The second-order valence-electron chi connectivity index (χ2n) is 3.50. The third-order valence-electron chi connectivity index (χ3n) is 2.28. The molecule has 1 fully saturated rings. The van der Waals surface area contributed by atoms with Crippen LogP contribution in [-0.2, 0) is 4.74 Å². The number of ether oxygens (including phenoxy) is 1. The van der Waals surface area contributed by atoms with E-state index in [1.165, 1.54) is 12.8 Å². The highest BCUT2D eigenvalue weighted by atomic mass is 16.5. The first-order chi connectivity index (χ1) is 5.83. The first kappa shape index (κ1) is 9.96. The Morgan fingerprint density at radius 1 is 1.58 bits per heavy atom. The van der Waals surface area contributed by atoms with Crippen LogP contribution in [0.3, 0.4) is 0 Å². The van der Waals surface area contributed by atoms with E-state index < -0.39 is 0 Å². The van der Waals surface area contributed by atoms with E-state index in [2.05, 4.69) is 17.3 Å². The van der Waals surface area contributed by atoms with Gasteiger partial charge in [0, 0.05) is 26.2 Å². The average Bonchev–Trinajstić information content (AvgIpc) is 2.53. The molecule has 0 bridgehead atoms. The molecule has 0 unspecified atom stereocenters. The standard InChI is InChI=1S/C9H20N2O/c1-10-5-6-11(2)8-9-4-3-7-12-9/h9-10H,3-8H2,1-2H3/t9-/m0/s1. The summed E-state index contributed by atoms with van der Waals surface area (Å²) in [6, 6.07) is 0. The molecule has 3 nitrogen and oxygen atoms in total. The van der Waals surface area contributed by atoms with Gasteiger partial charge in [0.1, 0.15) is 0 Å². The van der Waals surface area contributed by atoms with Crippen molar-refractivity contribution in [2.24, 2.45) is 0 Å². The predicted octanol–water partition coefficient (Wildman–Crippen LogP) is 0.317. The zero-order valence-electron chi connectivity index (χ0n) is 8.18. The summed E-state index contributed by atoms with van der Waals surface area (Å²) >= 11 is 0. The molecule has 0 spiro atoms. The summed E-state index contributed by atoms with van der Waals surface area (Å²) in [4.78, 5) is 2.33. The maximum absolute atomic E-state index is 5.54. The molecule has 3 heteroatoms. The minimum Gasteiger partial charge on any atom is -0.377 e. The Balaban J connectivity index is 2.03. The molecule has 0 aromatic rings. The molecule has 1 aliphatic heterocycles. The molecule has 0 aromatic heterocycles. The maximum atomic E-state index is 5.54. The van der Waals surface area contributed by atoms with Crippen molar-refractivity contribution in [3.8, 4) is 0 Å². The van der Waals surface area contributed by atoms with Crippen LogP contribution in [-0.4, -0.2) is 51.3 Å². The molecular formula is C9H20N2O. The lowest BCUT2D eigenvalue weighted by Crippen LogP contribution is -2.33. The van der Waals surface area contributed by atoms with Gasteiger partial charge in [-0.1, -0.05) is 0 Å². The second-order valence-corrected chi connectivity index (χ2v) is 3.50. The van der Waals surface area contributed by atoms with E-state index in [4.69, 9.17) is 4.74 Å². The van der Waals surface area contributed by atoms with Crippen molar-refractivity contribution in [1.29, 1.82) is 0 Å². The van der Waals surface area contributed by atoms with Gasteiger partial charge in [0.15, 0.2) is 0 Å². The number of nitrogens with one attached hydrogen (secondary N) is 1. The summed E-state index contributed by atoms with van der Waals surface area (Å²) in [5.74, 6) is 0. The number of nitrogens with zero attached hydrogens (tertiary/aromatic N) is 1. The summed E-state index contributed by atoms with van der Waals surface area (Å²) < 4.78 is 5.54. The highest BCUT2D eigenvalue weighted by Gasteiger charge is 2.16. The van der Waals surface area contributed by atoms with Crippen molar-refractivity contribution in [2.75, 3.05) is 40.3 Å². The Morgan fingerprint density at radius 2 is 2.42 bits per heavy atom. The first-order valence-electron chi connectivity index (χ1n) is 4.77. The SMILES string of the molecule is CNCCN(C)C[C@@H]1CCCO1. The van der Waals surface area contributed by atoms with Gasteiger partial charge < -0.3 is 15.0 Å². The smallest absolute Gasteiger partial charge is 0.0702 e. The quantitative estimate of drug-likeness (QED) is 0.646. The molecule has 1 N–H and O–H groups in total. The highest BCUT2D eigenvalue weighted by molar-refractivity contribution is 4.68. The van der Waals surface area contributed by atoms with Crippen molar-refractivity contribution >= 4 is 0 Å². The van der Waals surface area contributed by atoms with Crippen LogP contribution in [0.2, 0.25) is 0 Å². The number of hydrogen-bond donors (Lipinski definition) is 1. The molecule has 1 heterocycles. The molecule has 72 valence electrons. The van der Waals surface area contributed by atoms with E-state index in [0.29, 0.717) is 6.10 Å². The zero-order valence-corrected chi connectivity index (χ0v) is 8.18. The third-order valence-corrected chi connectivity index (χ3v) is 2.28. The topological polar surface area (TPSA) is 24.5 Å². The normalized spacial score (nSPS) is 23.8. The second kappa shape index (κ2) is 5.51. The highest BCUT2D eigenvalue weighted by Crippen LogP contribution is 2.12. The fraction of sp³-hybridized carbons (Fsp3) is 1.00. The van der Waals surface area contributed by atoms with E-state index in [9.17, 15) is 0 Å². The molecule has 1 aliphatic rings. The van der Waals surface area contributed by atoms with E-state index >= 15 is 0 Å². The van der Waals surface area contributed by atoms with Crippen molar-refractivity contribution in [3.05, 3.63) is 0 Å². The van der Waals surface area contributed by atoms with Crippen LogP contribution in [0.5, 0.6) is 0 Å². The maximum Gasteiger partial charge on any atom is 0.0702 e. The van der Waals surface area contributed by atoms with Crippen molar-refractivity contribution in [3.63, 3.8) is 0 Å². The molecular weight excluding hydrogens is 152 g/mol. The summed E-state index contributed by atoms with van der Waals surface area (Å²) in [5, 5.41) is 3.14. The zero-order chi connectivity index (χ0) is 8.81. The Labute approximate surface area is 75.1 Å². The number of likely N-dealkylation sites (N-methyl/N-ethyl adjacent to an activating group) is 2. The number of hydrogen-bond acceptors (Lipinski definition) is 3. The Morgan fingerprint density at radius 3 is 3.00 bits per heavy atom. The Bertz CT molecular complexity index is 113.